The Morgan fingerprint density at radius 2 is 1.96 bits per heavy atom. The summed E-state index contributed by atoms with van der Waals surface area (Å²) in [5.41, 5.74) is 3.14. The summed E-state index contributed by atoms with van der Waals surface area (Å²) in [7, 11) is 0. The van der Waals surface area contributed by atoms with Crippen LogP contribution in [0.25, 0.3) is 16.6 Å². The Hall–Kier alpha value is -2.21. The number of rotatable bonds is 2. The van der Waals surface area contributed by atoms with Crippen LogP contribution in [0, 0.1) is 6.92 Å². The van der Waals surface area contributed by atoms with Gasteiger partial charge in [-0.05, 0) is 31.9 Å². The van der Waals surface area contributed by atoms with Gasteiger partial charge in [-0.2, -0.15) is 0 Å². The van der Waals surface area contributed by atoms with Crippen molar-refractivity contribution in [2.75, 3.05) is 31.2 Å². The Labute approximate surface area is 134 Å². The average Bonchev–Trinajstić information content (AvgIpc) is 3.33. The van der Waals surface area contributed by atoms with Gasteiger partial charge in [0.25, 0.3) is 0 Å². The molecule has 2 aliphatic rings. The third kappa shape index (κ3) is 2.09. The van der Waals surface area contributed by atoms with Gasteiger partial charge in [0, 0.05) is 24.4 Å². The second kappa shape index (κ2) is 4.89. The van der Waals surface area contributed by atoms with Crippen LogP contribution in [0.2, 0.25) is 0 Å². The Kier molecular flexibility index (Phi) is 2.82. The van der Waals surface area contributed by atoms with Crippen LogP contribution in [-0.2, 0) is 4.74 Å². The van der Waals surface area contributed by atoms with Gasteiger partial charge in [0.15, 0.2) is 5.65 Å². The maximum atomic E-state index is 5.50. The molecule has 1 saturated heterocycles. The summed E-state index contributed by atoms with van der Waals surface area (Å²) in [6, 6.07) is 6.35. The highest BCUT2D eigenvalue weighted by Crippen LogP contribution is 2.40. The average molecular weight is 309 g/mol. The van der Waals surface area contributed by atoms with Crippen molar-refractivity contribution in [2.45, 2.75) is 25.7 Å². The quantitative estimate of drug-likeness (QED) is 0.727. The molecule has 6 nitrogen and oxygen atoms in total. The Morgan fingerprint density at radius 3 is 2.74 bits per heavy atom. The van der Waals surface area contributed by atoms with E-state index in [1.807, 2.05) is 0 Å². The van der Waals surface area contributed by atoms with E-state index < -0.39 is 0 Å². The minimum absolute atomic E-state index is 0.536. The Morgan fingerprint density at radius 1 is 1.13 bits per heavy atom. The maximum Gasteiger partial charge on any atom is 0.213 e. The van der Waals surface area contributed by atoms with Crippen molar-refractivity contribution in [2.24, 2.45) is 0 Å². The van der Waals surface area contributed by atoms with Crippen LogP contribution in [0.15, 0.2) is 18.2 Å². The summed E-state index contributed by atoms with van der Waals surface area (Å²) < 4.78 is 7.68. The zero-order valence-corrected chi connectivity index (χ0v) is 13.2. The second-order valence-corrected chi connectivity index (χ2v) is 6.52. The third-order valence-electron chi connectivity index (χ3n) is 4.74. The lowest BCUT2D eigenvalue weighted by Gasteiger charge is -2.28. The smallest absolute Gasteiger partial charge is 0.213 e. The number of anilines is 1. The molecule has 0 radical (unpaired) electrons. The Balaban J connectivity index is 1.82. The molecule has 3 aromatic rings. The second-order valence-electron chi connectivity index (χ2n) is 6.52. The van der Waals surface area contributed by atoms with Crippen LogP contribution in [0.3, 0.4) is 0 Å². The molecule has 0 spiro atoms. The molecule has 0 atom stereocenters. The predicted molar refractivity (Wildman–Crippen MR) is 88.0 cm³/mol. The van der Waals surface area contributed by atoms with Gasteiger partial charge < -0.3 is 9.64 Å². The van der Waals surface area contributed by atoms with Gasteiger partial charge >= 0.3 is 0 Å². The first-order valence-corrected chi connectivity index (χ1v) is 8.29. The molecule has 1 aromatic carbocycles. The first kappa shape index (κ1) is 13.2. The van der Waals surface area contributed by atoms with E-state index in [4.69, 9.17) is 9.72 Å². The van der Waals surface area contributed by atoms with Crippen LogP contribution < -0.4 is 4.90 Å². The van der Waals surface area contributed by atoms with E-state index in [1.54, 1.807) is 0 Å². The topological polar surface area (TPSA) is 55.6 Å². The van der Waals surface area contributed by atoms with Gasteiger partial charge in [-0.25, -0.2) is 9.38 Å². The van der Waals surface area contributed by atoms with E-state index in [0.29, 0.717) is 5.92 Å². The molecule has 2 aromatic heterocycles. The number of ether oxygens (including phenoxy) is 1. The van der Waals surface area contributed by atoms with Gasteiger partial charge in [-0.3, -0.25) is 0 Å². The van der Waals surface area contributed by atoms with E-state index in [-0.39, 0.29) is 0 Å². The monoisotopic (exact) mass is 309 g/mol. The molecule has 2 fully saturated rings. The van der Waals surface area contributed by atoms with Crippen LogP contribution in [0.1, 0.15) is 30.1 Å². The molecular weight excluding hydrogens is 290 g/mol. The number of aromatic nitrogens is 4. The van der Waals surface area contributed by atoms with Crippen molar-refractivity contribution in [3.05, 3.63) is 29.6 Å². The molecule has 0 amide bonds. The van der Waals surface area contributed by atoms with Crippen molar-refractivity contribution in [3.63, 3.8) is 0 Å². The molecule has 23 heavy (non-hydrogen) atoms. The van der Waals surface area contributed by atoms with E-state index in [1.165, 1.54) is 18.4 Å². The molecule has 118 valence electrons. The lowest BCUT2D eigenvalue weighted by Crippen LogP contribution is -2.38. The van der Waals surface area contributed by atoms with Gasteiger partial charge in [-0.1, -0.05) is 11.6 Å². The first-order chi connectivity index (χ1) is 11.3. The lowest BCUT2D eigenvalue weighted by atomic mass is 10.1. The van der Waals surface area contributed by atoms with Gasteiger partial charge in [0.2, 0.25) is 5.95 Å². The van der Waals surface area contributed by atoms with E-state index in [9.17, 15) is 0 Å². The summed E-state index contributed by atoms with van der Waals surface area (Å²) in [5, 5.41) is 10.1. The Bertz CT molecular complexity index is 893. The zero-order valence-electron chi connectivity index (χ0n) is 13.2. The number of nitrogens with zero attached hydrogens (tertiary/aromatic N) is 5. The number of fused-ring (bicyclic) bond motifs is 3. The fourth-order valence-corrected chi connectivity index (χ4v) is 3.33. The molecule has 1 aliphatic carbocycles. The summed E-state index contributed by atoms with van der Waals surface area (Å²) >= 11 is 0. The van der Waals surface area contributed by atoms with Crippen LogP contribution >= 0.6 is 0 Å². The third-order valence-corrected chi connectivity index (χ3v) is 4.74. The number of morpholine rings is 1. The highest BCUT2D eigenvalue weighted by Gasteiger charge is 2.31. The molecule has 1 saturated carbocycles. The molecule has 0 unspecified atom stereocenters. The molecule has 1 aliphatic heterocycles. The molecular formula is C17H19N5O. The number of benzene rings is 1. The van der Waals surface area contributed by atoms with Gasteiger partial charge in [0.1, 0.15) is 5.82 Å². The summed E-state index contributed by atoms with van der Waals surface area (Å²) in [5.74, 6) is 2.57. The van der Waals surface area contributed by atoms with E-state index >= 15 is 0 Å². The van der Waals surface area contributed by atoms with Crippen LogP contribution in [-0.4, -0.2) is 45.9 Å². The van der Waals surface area contributed by atoms with Crippen molar-refractivity contribution in [1.29, 1.82) is 0 Å². The molecule has 6 heteroatoms. The molecule has 3 heterocycles. The predicted octanol–water partition coefficient (Wildman–Crippen LogP) is 2.30. The van der Waals surface area contributed by atoms with Crippen molar-refractivity contribution in [1.82, 2.24) is 19.6 Å². The fraction of sp³-hybridized carbons (Fsp3) is 0.471. The van der Waals surface area contributed by atoms with Crippen molar-refractivity contribution in [3.8, 4) is 0 Å². The highest BCUT2D eigenvalue weighted by atomic mass is 16.5. The van der Waals surface area contributed by atoms with Crippen molar-refractivity contribution >= 4 is 22.5 Å². The van der Waals surface area contributed by atoms with Crippen LogP contribution in [0.5, 0.6) is 0 Å². The highest BCUT2D eigenvalue weighted by molar-refractivity contribution is 5.93. The van der Waals surface area contributed by atoms with Crippen LogP contribution in [0.4, 0.5) is 5.95 Å². The minimum atomic E-state index is 0.536. The largest absolute Gasteiger partial charge is 0.378 e. The molecule has 5 rings (SSSR count). The van der Waals surface area contributed by atoms with Gasteiger partial charge in [-0.15, -0.1) is 10.2 Å². The summed E-state index contributed by atoms with van der Waals surface area (Å²) in [6.07, 6.45) is 2.41. The number of hydrogen-bond acceptors (Lipinski definition) is 5. The SMILES string of the molecule is Cc1ccc2nc(N3CCOCC3)n3c(C4CC4)nnc3c2c1. The molecule has 0 N–H and O–H groups in total. The minimum Gasteiger partial charge on any atom is -0.378 e. The van der Waals surface area contributed by atoms with E-state index in [0.717, 1.165) is 54.6 Å². The maximum absolute atomic E-state index is 5.50. The van der Waals surface area contributed by atoms with Gasteiger partial charge in [0.05, 0.1) is 18.7 Å². The lowest BCUT2D eigenvalue weighted by molar-refractivity contribution is 0.122. The van der Waals surface area contributed by atoms with Crippen molar-refractivity contribution < 1.29 is 4.74 Å². The zero-order chi connectivity index (χ0) is 15.4. The fourth-order valence-electron chi connectivity index (χ4n) is 3.33. The van der Waals surface area contributed by atoms with E-state index in [2.05, 4.69) is 44.6 Å². The summed E-state index contributed by atoms with van der Waals surface area (Å²) in [4.78, 5) is 7.26. The standard InChI is InChI=1S/C17H19N5O/c1-11-2-5-14-13(10-11)16-20-19-15(12-3-4-12)22(16)17(18-14)21-6-8-23-9-7-21/h2,5,10,12H,3-4,6-9H2,1H3. The first-order valence-electron chi connectivity index (χ1n) is 8.29. The molecule has 0 bridgehead atoms. The normalized spacial score (nSPS) is 18.9. The number of hydrogen-bond donors (Lipinski definition) is 0. The summed E-state index contributed by atoms with van der Waals surface area (Å²) in [6.45, 7) is 5.32. The number of aryl methyl sites for hydroxylation is 1.